The van der Waals surface area contributed by atoms with Crippen LogP contribution in [0.2, 0.25) is 0 Å². The van der Waals surface area contributed by atoms with E-state index in [9.17, 15) is 9.90 Å². The van der Waals surface area contributed by atoms with Crippen molar-refractivity contribution in [2.45, 2.75) is 19.1 Å². The number of aromatic nitrogens is 2. The number of hydrogen-bond acceptors (Lipinski definition) is 6. The minimum atomic E-state index is -0.786. The Hall–Kier alpha value is -2.03. The van der Waals surface area contributed by atoms with Crippen molar-refractivity contribution in [3.63, 3.8) is 0 Å². The molecule has 0 aliphatic rings. The summed E-state index contributed by atoms with van der Waals surface area (Å²) >= 11 is 1.22. The molecule has 0 saturated carbocycles. The van der Waals surface area contributed by atoms with Crippen molar-refractivity contribution >= 4 is 22.5 Å². The number of rotatable bonds is 7. The highest BCUT2D eigenvalue weighted by Crippen LogP contribution is 2.15. The van der Waals surface area contributed by atoms with E-state index in [1.807, 2.05) is 37.3 Å². The van der Waals surface area contributed by atoms with E-state index in [0.717, 1.165) is 5.56 Å². The molecular weight excluding hydrogens is 304 g/mol. The maximum Gasteiger partial charge on any atom is 0.321 e. The maximum absolute atomic E-state index is 11.5. The summed E-state index contributed by atoms with van der Waals surface area (Å²) in [6.07, 6.45) is -0.905. The highest BCUT2D eigenvalue weighted by molar-refractivity contribution is 7.13. The van der Waals surface area contributed by atoms with Crippen molar-refractivity contribution in [1.29, 1.82) is 0 Å². The summed E-state index contributed by atoms with van der Waals surface area (Å²) in [6.45, 7) is 2.14. The lowest BCUT2D eigenvalue weighted by Gasteiger charge is -2.17. The fourth-order valence-corrected chi connectivity index (χ4v) is 2.15. The Labute approximate surface area is 132 Å². The van der Waals surface area contributed by atoms with Crippen molar-refractivity contribution < 1.29 is 14.6 Å². The first-order valence-corrected chi connectivity index (χ1v) is 7.68. The van der Waals surface area contributed by atoms with Crippen LogP contribution < -0.4 is 10.6 Å². The molecule has 0 radical (unpaired) electrons. The predicted molar refractivity (Wildman–Crippen MR) is 83.7 cm³/mol. The minimum absolute atomic E-state index is 0.0894. The fraction of sp³-hybridized carbons (Fsp3) is 0.357. The van der Waals surface area contributed by atoms with E-state index in [0.29, 0.717) is 5.13 Å². The Morgan fingerprint density at radius 3 is 2.86 bits per heavy atom. The van der Waals surface area contributed by atoms with Crippen molar-refractivity contribution in [3.05, 3.63) is 41.4 Å². The van der Waals surface area contributed by atoms with Gasteiger partial charge in [-0.1, -0.05) is 41.7 Å². The quantitative estimate of drug-likeness (QED) is 0.722. The predicted octanol–water partition coefficient (Wildman–Crippen LogP) is 1.80. The topological polar surface area (TPSA) is 96.4 Å². The Morgan fingerprint density at radius 2 is 2.18 bits per heavy atom. The summed E-state index contributed by atoms with van der Waals surface area (Å²) in [5.41, 5.74) is 2.56. The molecule has 8 heteroatoms. The SMILES string of the molecule is C[C@H](OC[C@H](O)CNC(=O)Nc1nncs1)c1ccccc1. The van der Waals surface area contributed by atoms with Crippen LogP contribution in [0.5, 0.6) is 0 Å². The van der Waals surface area contributed by atoms with Crippen LogP contribution >= 0.6 is 11.3 Å². The summed E-state index contributed by atoms with van der Waals surface area (Å²) in [7, 11) is 0. The number of amides is 2. The van der Waals surface area contributed by atoms with Gasteiger partial charge < -0.3 is 15.2 Å². The Bertz CT molecular complexity index is 565. The molecular formula is C14H18N4O3S. The summed E-state index contributed by atoms with van der Waals surface area (Å²) in [6, 6.07) is 9.30. The third-order valence-electron chi connectivity index (χ3n) is 2.89. The zero-order valence-electron chi connectivity index (χ0n) is 12.1. The standard InChI is InChI=1S/C14H18N4O3S/c1-10(11-5-3-2-4-6-11)21-8-12(19)7-15-13(20)17-14-18-16-9-22-14/h2-6,9-10,12,19H,7-8H2,1H3,(H2,15,17,18,20)/t10-,12+/m0/s1. The molecule has 2 rings (SSSR count). The number of aliphatic hydroxyl groups is 1. The first-order valence-electron chi connectivity index (χ1n) is 6.81. The van der Waals surface area contributed by atoms with Gasteiger partial charge in [0.15, 0.2) is 0 Å². The van der Waals surface area contributed by atoms with Crippen molar-refractivity contribution in [1.82, 2.24) is 15.5 Å². The smallest absolute Gasteiger partial charge is 0.321 e. The molecule has 0 aliphatic carbocycles. The van der Waals surface area contributed by atoms with Crippen molar-refractivity contribution in [2.75, 3.05) is 18.5 Å². The van der Waals surface area contributed by atoms with Gasteiger partial charge in [-0.05, 0) is 12.5 Å². The Morgan fingerprint density at radius 1 is 1.41 bits per heavy atom. The van der Waals surface area contributed by atoms with Crippen LogP contribution in [0.1, 0.15) is 18.6 Å². The molecule has 0 bridgehead atoms. The number of carbonyl (C=O) groups is 1. The molecule has 2 amide bonds. The number of aliphatic hydroxyl groups excluding tert-OH is 1. The molecule has 0 fully saturated rings. The van der Waals surface area contributed by atoms with Gasteiger partial charge >= 0.3 is 6.03 Å². The fourth-order valence-electron chi connectivity index (χ4n) is 1.71. The van der Waals surface area contributed by atoms with Crippen molar-refractivity contribution in [3.8, 4) is 0 Å². The molecule has 1 aromatic carbocycles. The van der Waals surface area contributed by atoms with E-state index in [1.54, 1.807) is 0 Å². The zero-order valence-corrected chi connectivity index (χ0v) is 12.9. The largest absolute Gasteiger partial charge is 0.389 e. The maximum atomic E-state index is 11.5. The molecule has 0 spiro atoms. The van der Waals surface area contributed by atoms with E-state index >= 15 is 0 Å². The van der Waals surface area contributed by atoms with Crippen LogP contribution in [0.15, 0.2) is 35.8 Å². The number of ether oxygens (including phenoxy) is 1. The molecule has 7 nitrogen and oxygen atoms in total. The summed E-state index contributed by atoms with van der Waals surface area (Å²) in [5, 5.41) is 22.6. The number of benzene rings is 1. The van der Waals surface area contributed by atoms with Gasteiger partial charge in [-0.25, -0.2) is 4.79 Å². The van der Waals surface area contributed by atoms with E-state index in [1.165, 1.54) is 16.8 Å². The van der Waals surface area contributed by atoms with Crippen LogP contribution in [0.3, 0.4) is 0 Å². The summed E-state index contributed by atoms with van der Waals surface area (Å²) in [4.78, 5) is 11.5. The van der Waals surface area contributed by atoms with Gasteiger partial charge in [0.05, 0.1) is 18.8 Å². The molecule has 1 heterocycles. The normalized spacial score (nSPS) is 13.4. The van der Waals surface area contributed by atoms with Gasteiger partial charge in [0.1, 0.15) is 5.51 Å². The highest BCUT2D eigenvalue weighted by atomic mass is 32.1. The average Bonchev–Trinajstić information content (AvgIpc) is 3.04. The van der Waals surface area contributed by atoms with Gasteiger partial charge in [0.25, 0.3) is 0 Å². The third kappa shape index (κ3) is 5.40. The number of urea groups is 1. The van der Waals surface area contributed by atoms with Gasteiger partial charge in [-0.15, -0.1) is 10.2 Å². The first kappa shape index (κ1) is 16.3. The monoisotopic (exact) mass is 322 g/mol. The highest BCUT2D eigenvalue weighted by Gasteiger charge is 2.11. The second-order valence-electron chi connectivity index (χ2n) is 4.62. The molecule has 22 heavy (non-hydrogen) atoms. The van der Waals surface area contributed by atoms with Crippen LogP contribution in [0.4, 0.5) is 9.93 Å². The third-order valence-corrected chi connectivity index (χ3v) is 3.49. The molecule has 0 saturated heterocycles. The number of carbonyl (C=O) groups excluding carboxylic acids is 1. The molecule has 0 aliphatic heterocycles. The summed E-state index contributed by atoms with van der Waals surface area (Å²) in [5.74, 6) is 0. The van der Waals surface area contributed by atoms with Crippen LogP contribution in [-0.2, 0) is 4.74 Å². The van der Waals surface area contributed by atoms with E-state index in [2.05, 4.69) is 20.8 Å². The number of anilines is 1. The van der Waals surface area contributed by atoms with E-state index in [-0.39, 0.29) is 19.3 Å². The van der Waals surface area contributed by atoms with E-state index in [4.69, 9.17) is 4.74 Å². The zero-order chi connectivity index (χ0) is 15.8. The number of hydrogen-bond donors (Lipinski definition) is 3. The molecule has 0 unspecified atom stereocenters. The van der Waals surface area contributed by atoms with Crippen molar-refractivity contribution in [2.24, 2.45) is 0 Å². The first-order chi connectivity index (χ1) is 10.6. The lowest BCUT2D eigenvalue weighted by atomic mass is 10.1. The molecule has 118 valence electrons. The lowest BCUT2D eigenvalue weighted by Crippen LogP contribution is -2.37. The van der Waals surface area contributed by atoms with Gasteiger partial charge in [0, 0.05) is 6.54 Å². The van der Waals surface area contributed by atoms with Gasteiger partial charge in [-0.3, -0.25) is 5.32 Å². The average molecular weight is 322 g/mol. The lowest BCUT2D eigenvalue weighted by molar-refractivity contribution is -0.000953. The molecule has 2 atom stereocenters. The van der Waals surface area contributed by atoms with Crippen LogP contribution in [-0.4, -0.2) is 40.6 Å². The van der Waals surface area contributed by atoms with Crippen LogP contribution in [0.25, 0.3) is 0 Å². The van der Waals surface area contributed by atoms with Gasteiger partial charge in [0.2, 0.25) is 5.13 Å². The van der Waals surface area contributed by atoms with E-state index < -0.39 is 12.1 Å². The Kier molecular flexibility index (Phi) is 6.26. The van der Waals surface area contributed by atoms with Crippen LogP contribution in [0, 0.1) is 0 Å². The summed E-state index contributed by atoms with van der Waals surface area (Å²) < 4.78 is 5.59. The molecule has 2 aromatic rings. The molecule has 1 aromatic heterocycles. The second kappa shape index (κ2) is 8.42. The van der Waals surface area contributed by atoms with Gasteiger partial charge in [-0.2, -0.15) is 0 Å². The molecule has 3 N–H and O–H groups in total. The number of nitrogens with zero attached hydrogens (tertiary/aromatic N) is 2. The Balaban J connectivity index is 1.65. The minimum Gasteiger partial charge on any atom is -0.389 e. The second-order valence-corrected chi connectivity index (χ2v) is 5.45. The number of nitrogens with one attached hydrogen (secondary N) is 2.